The quantitative estimate of drug-likeness (QED) is 0.741. The van der Waals surface area contributed by atoms with E-state index in [4.69, 9.17) is 0 Å². The van der Waals surface area contributed by atoms with Crippen molar-refractivity contribution in [2.75, 3.05) is 26.2 Å². The predicted octanol–water partition coefficient (Wildman–Crippen LogP) is 2.09. The Morgan fingerprint density at radius 1 is 1.27 bits per heavy atom. The summed E-state index contributed by atoms with van der Waals surface area (Å²) in [4.78, 5) is 8.71. The van der Waals surface area contributed by atoms with Gasteiger partial charge in [0.25, 0.3) is 10.2 Å². The Morgan fingerprint density at radius 2 is 2.08 bits per heavy atom. The molecule has 7 nitrogen and oxygen atoms in total. The molecule has 3 rings (SSSR count). The summed E-state index contributed by atoms with van der Waals surface area (Å²) in [7, 11) is -3.40. The van der Waals surface area contributed by atoms with Gasteiger partial charge in [-0.3, -0.25) is 4.98 Å². The number of hydrogen-bond donors (Lipinski definition) is 0. The van der Waals surface area contributed by atoms with Crippen LogP contribution in [-0.2, 0) is 16.8 Å². The third kappa shape index (κ3) is 3.97. The summed E-state index contributed by atoms with van der Waals surface area (Å²) in [5, 5.41) is 0. The van der Waals surface area contributed by atoms with Gasteiger partial charge in [0.1, 0.15) is 5.82 Å². The van der Waals surface area contributed by atoms with E-state index in [0.717, 1.165) is 24.2 Å². The van der Waals surface area contributed by atoms with Crippen molar-refractivity contribution in [1.82, 2.24) is 23.1 Å². The van der Waals surface area contributed by atoms with Gasteiger partial charge in [0, 0.05) is 56.9 Å². The zero-order valence-corrected chi connectivity index (χ0v) is 16.3. The lowest BCUT2D eigenvalue weighted by Gasteiger charge is -2.34. The average molecular weight is 378 g/mol. The van der Waals surface area contributed by atoms with Crippen molar-refractivity contribution in [1.29, 1.82) is 0 Å². The van der Waals surface area contributed by atoms with Crippen LogP contribution in [0.2, 0.25) is 0 Å². The highest BCUT2D eigenvalue weighted by molar-refractivity contribution is 7.86. The molecule has 0 bridgehead atoms. The summed E-state index contributed by atoms with van der Waals surface area (Å²) < 4.78 is 31.0. The van der Waals surface area contributed by atoms with Crippen molar-refractivity contribution in [2.24, 2.45) is 0 Å². The van der Waals surface area contributed by atoms with E-state index in [2.05, 4.69) is 14.5 Å². The second-order valence-corrected chi connectivity index (χ2v) is 8.49. The summed E-state index contributed by atoms with van der Waals surface area (Å²) >= 11 is 0. The monoisotopic (exact) mass is 377 g/mol. The Morgan fingerprint density at radius 3 is 2.77 bits per heavy atom. The van der Waals surface area contributed by atoms with E-state index in [1.807, 2.05) is 38.4 Å². The summed E-state index contributed by atoms with van der Waals surface area (Å²) in [6.45, 7) is 6.52. The van der Waals surface area contributed by atoms with Crippen molar-refractivity contribution in [3.8, 4) is 0 Å². The van der Waals surface area contributed by atoms with Crippen molar-refractivity contribution in [3.63, 3.8) is 0 Å². The van der Waals surface area contributed by atoms with Crippen LogP contribution in [0.15, 0.2) is 36.9 Å². The second-order valence-electron chi connectivity index (χ2n) is 6.56. The molecule has 0 aliphatic carbocycles. The van der Waals surface area contributed by atoms with Gasteiger partial charge in [0.2, 0.25) is 0 Å². The maximum atomic E-state index is 12.9. The highest BCUT2D eigenvalue weighted by atomic mass is 32.2. The van der Waals surface area contributed by atoms with Crippen LogP contribution in [-0.4, -0.2) is 57.7 Å². The van der Waals surface area contributed by atoms with E-state index < -0.39 is 10.2 Å². The lowest BCUT2D eigenvalue weighted by atomic mass is 9.99. The van der Waals surface area contributed by atoms with Crippen LogP contribution < -0.4 is 0 Å². The SMILES string of the molecule is CCN(CC)S(=O)(=O)N1CCC[C@@H](c2nccn2Cc2cccnc2)C1. The molecule has 1 atom stereocenters. The Hall–Kier alpha value is -1.77. The molecule has 8 heteroatoms. The number of hydrogen-bond acceptors (Lipinski definition) is 4. The van der Waals surface area contributed by atoms with Gasteiger partial charge in [-0.15, -0.1) is 0 Å². The molecular weight excluding hydrogens is 350 g/mol. The largest absolute Gasteiger partial charge is 0.330 e. The molecular formula is C18H27N5O2S. The van der Waals surface area contributed by atoms with Gasteiger partial charge in [-0.2, -0.15) is 17.0 Å². The Balaban J connectivity index is 1.78. The zero-order valence-electron chi connectivity index (χ0n) is 15.5. The van der Waals surface area contributed by atoms with E-state index >= 15 is 0 Å². The van der Waals surface area contributed by atoms with Crippen molar-refractivity contribution in [3.05, 3.63) is 48.3 Å². The van der Waals surface area contributed by atoms with Crippen LogP contribution in [0.4, 0.5) is 0 Å². The molecule has 0 spiro atoms. The van der Waals surface area contributed by atoms with Crippen LogP contribution >= 0.6 is 0 Å². The molecule has 3 heterocycles. The molecule has 1 aliphatic heterocycles. The molecule has 0 amide bonds. The van der Waals surface area contributed by atoms with E-state index in [0.29, 0.717) is 32.7 Å². The highest BCUT2D eigenvalue weighted by Gasteiger charge is 2.34. The molecule has 0 unspecified atom stereocenters. The normalized spacial score (nSPS) is 19.1. The van der Waals surface area contributed by atoms with Crippen LogP contribution in [0.5, 0.6) is 0 Å². The zero-order chi connectivity index (χ0) is 18.6. The van der Waals surface area contributed by atoms with Gasteiger partial charge in [-0.25, -0.2) is 4.98 Å². The van der Waals surface area contributed by atoms with Gasteiger partial charge in [-0.05, 0) is 24.5 Å². The van der Waals surface area contributed by atoms with E-state index in [-0.39, 0.29) is 5.92 Å². The van der Waals surface area contributed by atoms with Crippen molar-refractivity contribution in [2.45, 2.75) is 39.2 Å². The molecule has 26 heavy (non-hydrogen) atoms. The lowest BCUT2D eigenvalue weighted by Crippen LogP contribution is -2.47. The molecule has 142 valence electrons. The van der Waals surface area contributed by atoms with E-state index in [9.17, 15) is 8.42 Å². The number of imidazole rings is 1. The molecule has 0 saturated carbocycles. The minimum absolute atomic E-state index is 0.112. The molecule has 1 aliphatic rings. The maximum Gasteiger partial charge on any atom is 0.281 e. The Labute approximate surface area is 155 Å². The number of rotatable bonds is 7. The number of nitrogens with zero attached hydrogens (tertiary/aromatic N) is 5. The van der Waals surface area contributed by atoms with Crippen LogP contribution in [0.25, 0.3) is 0 Å². The lowest BCUT2D eigenvalue weighted by molar-refractivity contribution is 0.280. The first-order valence-electron chi connectivity index (χ1n) is 9.21. The number of piperidine rings is 1. The van der Waals surface area contributed by atoms with Gasteiger partial charge >= 0.3 is 0 Å². The summed E-state index contributed by atoms with van der Waals surface area (Å²) in [5.41, 5.74) is 1.11. The first kappa shape index (κ1) is 19.0. The molecule has 0 N–H and O–H groups in total. The highest BCUT2D eigenvalue weighted by Crippen LogP contribution is 2.28. The summed E-state index contributed by atoms with van der Waals surface area (Å²) in [6.07, 6.45) is 9.17. The molecule has 2 aromatic heterocycles. The van der Waals surface area contributed by atoms with Gasteiger partial charge in [0.15, 0.2) is 0 Å². The molecule has 1 fully saturated rings. The van der Waals surface area contributed by atoms with Crippen molar-refractivity contribution < 1.29 is 8.42 Å². The fourth-order valence-corrected chi connectivity index (χ4v) is 5.29. The van der Waals surface area contributed by atoms with E-state index in [1.54, 1.807) is 16.7 Å². The van der Waals surface area contributed by atoms with Gasteiger partial charge in [-0.1, -0.05) is 19.9 Å². The average Bonchev–Trinajstić information content (AvgIpc) is 3.11. The first-order chi connectivity index (χ1) is 12.6. The molecule has 2 aromatic rings. The minimum atomic E-state index is -3.40. The minimum Gasteiger partial charge on any atom is -0.330 e. The Kier molecular flexibility index (Phi) is 6.05. The Bertz CT molecular complexity index is 802. The molecule has 1 saturated heterocycles. The molecule has 0 aromatic carbocycles. The van der Waals surface area contributed by atoms with Gasteiger partial charge in [0.05, 0.1) is 6.54 Å². The van der Waals surface area contributed by atoms with Crippen LogP contribution in [0.1, 0.15) is 44.0 Å². The fraction of sp³-hybridized carbons (Fsp3) is 0.556. The predicted molar refractivity (Wildman–Crippen MR) is 101 cm³/mol. The summed E-state index contributed by atoms with van der Waals surface area (Å²) in [5.74, 6) is 1.06. The first-order valence-corrected chi connectivity index (χ1v) is 10.6. The van der Waals surface area contributed by atoms with Crippen molar-refractivity contribution >= 4 is 10.2 Å². The third-order valence-electron chi connectivity index (χ3n) is 4.93. The smallest absolute Gasteiger partial charge is 0.281 e. The number of pyridine rings is 1. The van der Waals surface area contributed by atoms with Crippen LogP contribution in [0, 0.1) is 0 Å². The fourth-order valence-electron chi connectivity index (χ4n) is 3.58. The van der Waals surface area contributed by atoms with Gasteiger partial charge < -0.3 is 4.57 Å². The maximum absolute atomic E-state index is 12.9. The molecule has 0 radical (unpaired) electrons. The topological polar surface area (TPSA) is 71.3 Å². The van der Waals surface area contributed by atoms with E-state index in [1.165, 1.54) is 4.31 Å². The number of aromatic nitrogens is 3. The summed E-state index contributed by atoms with van der Waals surface area (Å²) in [6, 6.07) is 3.96. The third-order valence-corrected chi connectivity index (χ3v) is 7.08. The van der Waals surface area contributed by atoms with Crippen LogP contribution in [0.3, 0.4) is 0 Å². The standard InChI is InChI=1S/C18H27N5O2S/c1-3-22(4-2)26(24,25)23-11-6-8-17(15-23)18-20-10-12-21(18)14-16-7-5-9-19-13-16/h5,7,9-10,12-13,17H,3-4,6,8,11,14-15H2,1-2H3/t17-/m1/s1. The second kappa shape index (κ2) is 8.28.